The average molecular weight is 292 g/mol. The van der Waals surface area contributed by atoms with Crippen molar-refractivity contribution < 1.29 is 9.59 Å². The number of piperidine rings is 1. The highest BCUT2D eigenvalue weighted by atomic mass is 35.5. The van der Waals surface area contributed by atoms with E-state index in [9.17, 15) is 9.59 Å². The van der Waals surface area contributed by atoms with Crippen molar-refractivity contribution in [3.05, 3.63) is 34.9 Å². The third-order valence-electron chi connectivity index (χ3n) is 4.85. The highest BCUT2D eigenvalue weighted by Crippen LogP contribution is 2.59. The standard InChI is InChI=1S/C16H18ClNO2/c1-2-16(10-7-8-10)9-13(19)18-15(20)14(16)11-5-3-4-6-12(11)17/h3-6,10,14H,2,7-9H2,1H3,(H,18,19,20). The number of hydrogen-bond donors (Lipinski definition) is 1. The molecule has 106 valence electrons. The van der Waals surface area contributed by atoms with Crippen LogP contribution in [0.4, 0.5) is 0 Å². The molecule has 0 spiro atoms. The Hall–Kier alpha value is -1.35. The van der Waals surface area contributed by atoms with Crippen LogP contribution in [-0.2, 0) is 9.59 Å². The van der Waals surface area contributed by atoms with Crippen LogP contribution in [-0.4, -0.2) is 11.8 Å². The minimum absolute atomic E-state index is 0.146. The second-order valence-electron chi connectivity index (χ2n) is 5.90. The third kappa shape index (κ3) is 2.05. The van der Waals surface area contributed by atoms with E-state index in [0.717, 1.165) is 24.8 Å². The van der Waals surface area contributed by atoms with Gasteiger partial charge in [-0.05, 0) is 42.2 Å². The Balaban J connectivity index is 2.11. The molecule has 0 radical (unpaired) electrons. The lowest BCUT2D eigenvalue weighted by Crippen LogP contribution is -2.51. The fourth-order valence-corrected chi connectivity index (χ4v) is 3.98. The molecule has 1 aromatic carbocycles. The van der Waals surface area contributed by atoms with Gasteiger partial charge in [0.2, 0.25) is 11.8 Å². The van der Waals surface area contributed by atoms with E-state index in [1.165, 1.54) is 0 Å². The first kappa shape index (κ1) is 13.6. The molecular weight excluding hydrogens is 274 g/mol. The molecule has 1 N–H and O–H groups in total. The molecule has 1 saturated heterocycles. The maximum absolute atomic E-state index is 12.5. The van der Waals surface area contributed by atoms with Crippen LogP contribution in [0, 0.1) is 11.3 Å². The van der Waals surface area contributed by atoms with E-state index in [4.69, 9.17) is 11.6 Å². The van der Waals surface area contributed by atoms with Crippen molar-refractivity contribution in [3.63, 3.8) is 0 Å². The van der Waals surface area contributed by atoms with Gasteiger partial charge in [-0.3, -0.25) is 14.9 Å². The van der Waals surface area contributed by atoms with E-state index >= 15 is 0 Å². The van der Waals surface area contributed by atoms with Crippen LogP contribution in [0.3, 0.4) is 0 Å². The van der Waals surface area contributed by atoms with E-state index in [-0.39, 0.29) is 23.1 Å². The van der Waals surface area contributed by atoms with E-state index in [1.807, 2.05) is 24.3 Å². The van der Waals surface area contributed by atoms with E-state index in [2.05, 4.69) is 12.2 Å². The Kier molecular flexibility index (Phi) is 3.33. The lowest BCUT2D eigenvalue weighted by Gasteiger charge is -2.43. The normalized spacial score (nSPS) is 30.2. The second kappa shape index (κ2) is 4.88. The van der Waals surface area contributed by atoms with Crippen molar-refractivity contribution in [2.24, 2.45) is 11.3 Å². The lowest BCUT2D eigenvalue weighted by atomic mass is 9.62. The number of benzene rings is 1. The molecule has 1 heterocycles. The molecule has 3 nitrogen and oxygen atoms in total. The summed E-state index contributed by atoms with van der Waals surface area (Å²) in [6, 6.07) is 7.49. The van der Waals surface area contributed by atoms with E-state index in [0.29, 0.717) is 17.4 Å². The maximum atomic E-state index is 12.5. The Labute approximate surface area is 123 Å². The summed E-state index contributed by atoms with van der Waals surface area (Å²) in [5.41, 5.74) is 0.595. The van der Waals surface area contributed by atoms with Crippen LogP contribution < -0.4 is 5.32 Å². The number of carbonyl (C=O) groups is 2. The molecule has 1 aliphatic carbocycles. The van der Waals surface area contributed by atoms with Gasteiger partial charge in [-0.15, -0.1) is 0 Å². The van der Waals surface area contributed by atoms with Gasteiger partial charge < -0.3 is 0 Å². The van der Waals surface area contributed by atoms with Gasteiger partial charge in [0.1, 0.15) is 0 Å². The van der Waals surface area contributed by atoms with Crippen molar-refractivity contribution in [3.8, 4) is 0 Å². The van der Waals surface area contributed by atoms with Gasteiger partial charge in [-0.25, -0.2) is 0 Å². The van der Waals surface area contributed by atoms with E-state index < -0.39 is 0 Å². The summed E-state index contributed by atoms with van der Waals surface area (Å²) in [4.78, 5) is 24.4. The number of nitrogens with one attached hydrogen (secondary N) is 1. The molecule has 2 atom stereocenters. The number of amides is 2. The van der Waals surface area contributed by atoms with Gasteiger partial charge in [0.05, 0.1) is 5.92 Å². The summed E-state index contributed by atoms with van der Waals surface area (Å²) in [6.45, 7) is 2.08. The predicted molar refractivity (Wildman–Crippen MR) is 77.4 cm³/mol. The summed E-state index contributed by atoms with van der Waals surface area (Å²) >= 11 is 6.30. The molecule has 4 heteroatoms. The fourth-order valence-electron chi connectivity index (χ4n) is 3.73. The van der Waals surface area contributed by atoms with E-state index in [1.54, 1.807) is 0 Å². The smallest absolute Gasteiger partial charge is 0.234 e. The monoisotopic (exact) mass is 291 g/mol. The van der Waals surface area contributed by atoms with Gasteiger partial charge in [0.15, 0.2) is 0 Å². The Bertz CT molecular complexity index is 567. The second-order valence-corrected chi connectivity index (χ2v) is 6.31. The summed E-state index contributed by atoms with van der Waals surface area (Å²) in [7, 11) is 0. The number of halogens is 1. The molecule has 2 aliphatic rings. The highest BCUT2D eigenvalue weighted by molar-refractivity contribution is 6.31. The molecule has 2 unspecified atom stereocenters. The first-order valence-corrected chi connectivity index (χ1v) is 7.54. The molecule has 2 fully saturated rings. The van der Waals surface area contributed by atoms with Crippen LogP contribution in [0.2, 0.25) is 5.02 Å². The van der Waals surface area contributed by atoms with Gasteiger partial charge in [0, 0.05) is 11.4 Å². The highest BCUT2D eigenvalue weighted by Gasteiger charge is 2.56. The average Bonchev–Trinajstić information content (AvgIpc) is 3.24. The zero-order chi connectivity index (χ0) is 14.3. The molecule has 20 heavy (non-hydrogen) atoms. The summed E-state index contributed by atoms with van der Waals surface area (Å²) in [5, 5.41) is 3.10. The minimum atomic E-state index is -0.314. The molecule has 1 aromatic rings. The first-order chi connectivity index (χ1) is 9.58. The summed E-state index contributed by atoms with van der Waals surface area (Å²) in [5.74, 6) is -0.190. The fraction of sp³-hybridized carbons (Fsp3) is 0.500. The first-order valence-electron chi connectivity index (χ1n) is 7.16. The number of imide groups is 1. The molecule has 0 aromatic heterocycles. The van der Waals surface area contributed by atoms with Gasteiger partial charge in [0.25, 0.3) is 0 Å². The van der Waals surface area contributed by atoms with Crippen molar-refractivity contribution in [2.45, 2.75) is 38.5 Å². The Morgan fingerprint density at radius 3 is 2.60 bits per heavy atom. The van der Waals surface area contributed by atoms with Crippen molar-refractivity contribution >= 4 is 23.4 Å². The quantitative estimate of drug-likeness (QED) is 0.869. The summed E-state index contributed by atoms with van der Waals surface area (Å²) < 4.78 is 0. The van der Waals surface area contributed by atoms with Crippen LogP contribution in [0.25, 0.3) is 0 Å². The number of hydrogen-bond acceptors (Lipinski definition) is 2. The zero-order valence-corrected chi connectivity index (χ0v) is 12.2. The summed E-state index contributed by atoms with van der Waals surface area (Å²) in [6.07, 6.45) is 3.47. The Morgan fingerprint density at radius 1 is 1.30 bits per heavy atom. The number of carbonyl (C=O) groups excluding carboxylic acids is 2. The molecule has 2 amide bonds. The third-order valence-corrected chi connectivity index (χ3v) is 5.20. The number of rotatable bonds is 3. The predicted octanol–water partition coefficient (Wildman–Crippen LogP) is 3.28. The lowest BCUT2D eigenvalue weighted by molar-refractivity contribution is -0.141. The maximum Gasteiger partial charge on any atom is 0.234 e. The minimum Gasteiger partial charge on any atom is -0.296 e. The topological polar surface area (TPSA) is 46.2 Å². The van der Waals surface area contributed by atoms with Gasteiger partial charge >= 0.3 is 0 Å². The van der Waals surface area contributed by atoms with Gasteiger partial charge in [-0.2, -0.15) is 0 Å². The molecule has 0 bridgehead atoms. The van der Waals surface area contributed by atoms with Crippen LogP contribution >= 0.6 is 11.6 Å². The molecule has 1 aliphatic heterocycles. The molecular formula is C16H18ClNO2. The van der Waals surface area contributed by atoms with Crippen molar-refractivity contribution in [1.82, 2.24) is 5.32 Å². The van der Waals surface area contributed by atoms with Crippen LogP contribution in [0.1, 0.15) is 44.1 Å². The van der Waals surface area contributed by atoms with Crippen LogP contribution in [0.15, 0.2) is 24.3 Å². The van der Waals surface area contributed by atoms with Crippen LogP contribution in [0.5, 0.6) is 0 Å². The zero-order valence-electron chi connectivity index (χ0n) is 11.5. The van der Waals surface area contributed by atoms with Crippen molar-refractivity contribution in [1.29, 1.82) is 0 Å². The van der Waals surface area contributed by atoms with Gasteiger partial charge in [-0.1, -0.05) is 36.7 Å². The molecule has 3 rings (SSSR count). The largest absolute Gasteiger partial charge is 0.296 e. The van der Waals surface area contributed by atoms with Crippen molar-refractivity contribution in [2.75, 3.05) is 0 Å². The Morgan fingerprint density at radius 2 is 2.00 bits per heavy atom. The molecule has 1 saturated carbocycles. The SMILES string of the molecule is CCC1(C2CC2)CC(=O)NC(=O)C1c1ccccc1Cl.